The van der Waals surface area contributed by atoms with E-state index in [4.69, 9.17) is 4.74 Å². The number of nitrogens with one attached hydrogen (secondary N) is 1. The molecule has 0 unspecified atom stereocenters. The summed E-state index contributed by atoms with van der Waals surface area (Å²) in [5, 5.41) is 4.04. The molecule has 0 bridgehead atoms. The molecular formula is C23H25BrN4O4S. The van der Waals surface area contributed by atoms with Gasteiger partial charge in [0.15, 0.2) is 0 Å². The zero-order chi connectivity index (χ0) is 24.2. The number of anilines is 1. The summed E-state index contributed by atoms with van der Waals surface area (Å²) < 4.78 is 33.6. The van der Waals surface area contributed by atoms with Crippen molar-refractivity contribution in [2.24, 2.45) is 5.10 Å². The zero-order valence-electron chi connectivity index (χ0n) is 18.7. The number of benzene rings is 2. The van der Waals surface area contributed by atoms with E-state index in [9.17, 15) is 13.2 Å². The van der Waals surface area contributed by atoms with E-state index in [1.807, 2.05) is 44.2 Å². The molecule has 0 fully saturated rings. The summed E-state index contributed by atoms with van der Waals surface area (Å²) in [5.41, 5.74) is 6.59. The van der Waals surface area contributed by atoms with E-state index in [0.717, 1.165) is 37.7 Å². The first-order chi connectivity index (χ1) is 15.6. The summed E-state index contributed by atoms with van der Waals surface area (Å²) in [5.74, 6) is 0.0232. The molecule has 2 aromatic carbocycles. The summed E-state index contributed by atoms with van der Waals surface area (Å²) in [6, 6.07) is 16.3. The highest BCUT2D eigenvalue weighted by Crippen LogP contribution is 2.23. The van der Waals surface area contributed by atoms with Crippen LogP contribution in [0.25, 0.3) is 5.69 Å². The molecule has 0 saturated heterocycles. The Morgan fingerprint density at radius 2 is 1.88 bits per heavy atom. The minimum atomic E-state index is -3.68. The first-order valence-corrected chi connectivity index (χ1v) is 12.6. The Bertz CT molecular complexity index is 1280. The molecular weight excluding hydrogens is 508 g/mol. The van der Waals surface area contributed by atoms with E-state index in [1.165, 1.54) is 7.11 Å². The van der Waals surface area contributed by atoms with Gasteiger partial charge in [-0.05, 0) is 62.4 Å². The minimum Gasteiger partial charge on any atom is -0.497 e. The van der Waals surface area contributed by atoms with Crippen LogP contribution in [-0.2, 0) is 14.8 Å². The predicted octanol–water partition coefficient (Wildman–Crippen LogP) is 3.78. The number of hydrazone groups is 1. The smallest absolute Gasteiger partial charge is 0.260 e. The number of amides is 1. The van der Waals surface area contributed by atoms with Crippen LogP contribution < -0.4 is 14.5 Å². The summed E-state index contributed by atoms with van der Waals surface area (Å²) in [7, 11) is -2.16. The van der Waals surface area contributed by atoms with Crippen molar-refractivity contribution in [2.45, 2.75) is 13.8 Å². The van der Waals surface area contributed by atoms with Crippen LogP contribution in [0, 0.1) is 13.8 Å². The molecule has 174 valence electrons. The maximum atomic E-state index is 12.4. The average Bonchev–Trinajstić information content (AvgIpc) is 3.04. The van der Waals surface area contributed by atoms with Crippen LogP contribution in [-0.4, -0.2) is 45.0 Å². The lowest BCUT2D eigenvalue weighted by Gasteiger charge is -2.21. The van der Waals surface area contributed by atoms with Gasteiger partial charge >= 0.3 is 0 Å². The Morgan fingerprint density at radius 3 is 2.48 bits per heavy atom. The van der Waals surface area contributed by atoms with Crippen molar-refractivity contribution in [3.8, 4) is 11.4 Å². The summed E-state index contributed by atoms with van der Waals surface area (Å²) in [6.45, 7) is 3.55. The summed E-state index contributed by atoms with van der Waals surface area (Å²) >= 11 is 3.49. The number of carbonyl (C=O) groups excluding carboxylic acids is 1. The van der Waals surface area contributed by atoms with Gasteiger partial charge in [-0.25, -0.2) is 13.8 Å². The van der Waals surface area contributed by atoms with Crippen LogP contribution in [0.5, 0.6) is 5.75 Å². The zero-order valence-corrected chi connectivity index (χ0v) is 21.1. The van der Waals surface area contributed by atoms with Crippen molar-refractivity contribution in [1.29, 1.82) is 0 Å². The molecule has 0 aliphatic heterocycles. The lowest BCUT2D eigenvalue weighted by atomic mass is 10.2. The van der Waals surface area contributed by atoms with Gasteiger partial charge in [0.05, 0.1) is 25.3 Å². The van der Waals surface area contributed by atoms with Crippen LogP contribution in [0.15, 0.2) is 64.2 Å². The van der Waals surface area contributed by atoms with Crippen molar-refractivity contribution in [1.82, 2.24) is 9.99 Å². The molecule has 8 nitrogen and oxygen atoms in total. The highest BCUT2D eigenvalue weighted by Gasteiger charge is 2.20. The number of aromatic nitrogens is 1. The Balaban J connectivity index is 1.73. The minimum absolute atomic E-state index is 0.356. The molecule has 1 heterocycles. The highest BCUT2D eigenvalue weighted by molar-refractivity contribution is 9.10. The first-order valence-electron chi connectivity index (χ1n) is 9.98. The molecule has 1 aromatic heterocycles. The van der Waals surface area contributed by atoms with Gasteiger partial charge in [0.1, 0.15) is 12.3 Å². The molecule has 0 spiro atoms. The number of sulfonamides is 1. The van der Waals surface area contributed by atoms with Crippen LogP contribution in [0.1, 0.15) is 17.0 Å². The third-order valence-corrected chi connectivity index (χ3v) is 6.61. The fourth-order valence-corrected chi connectivity index (χ4v) is 4.66. The summed E-state index contributed by atoms with van der Waals surface area (Å²) in [6.07, 6.45) is 2.59. The van der Waals surface area contributed by atoms with Gasteiger partial charge in [0.25, 0.3) is 5.91 Å². The second-order valence-electron chi connectivity index (χ2n) is 7.40. The highest BCUT2D eigenvalue weighted by atomic mass is 79.9. The molecule has 3 aromatic rings. The van der Waals surface area contributed by atoms with Gasteiger partial charge < -0.3 is 9.30 Å². The molecule has 0 saturated carbocycles. The Morgan fingerprint density at radius 1 is 1.18 bits per heavy atom. The fourth-order valence-electron chi connectivity index (χ4n) is 3.42. The van der Waals surface area contributed by atoms with Crippen LogP contribution in [0.4, 0.5) is 5.69 Å². The quantitative estimate of drug-likeness (QED) is 0.353. The van der Waals surface area contributed by atoms with E-state index in [2.05, 4.69) is 31.0 Å². The Kier molecular flexibility index (Phi) is 7.60. The number of ether oxygens (including phenoxy) is 1. The maximum Gasteiger partial charge on any atom is 0.260 e. The molecule has 33 heavy (non-hydrogen) atoms. The van der Waals surface area contributed by atoms with Gasteiger partial charge in [-0.2, -0.15) is 5.10 Å². The number of carbonyl (C=O) groups is 1. The second-order valence-corrected chi connectivity index (χ2v) is 10.2. The number of nitrogens with zero attached hydrogens (tertiary/aromatic N) is 3. The third-order valence-electron chi connectivity index (χ3n) is 4.98. The van der Waals surface area contributed by atoms with E-state index in [0.29, 0.717) is 11.4 Å². The SMILES string of the molecule is COc1ccc(N(CC(=O)N/N=C\c2cc(C)n(-c3cccc(Br)c3)c2C)S(C)(=O)=O)cc1. The molecule has 0 atom stereocenters. The van der Waals surface area contributed by atoms with Crippen LogP contribution >= 0.6 is 15.9 Å². The average molecular weight is 533 g/mol. The number of methoxy groups -OCH3 is 1. The number of hydrogen-bond donors (Lipinski definition) is 1. The van der Waals surface area contributed by atoms with Crippen LogP contribution in [0.2, 0.25) is 0 Å². The third kappa shape index (κ3) is 6.02. The van der Waals surface area contributed by atoms with Gasteiger partial charge in [-0.1, -0.05) is 22.0 Å². The predicted molar refractivity (Wildman–Crippen MR) is 134 cm³/mol. The number of rotatable bonds is 8. The standard InChI is InChI=1S/C23H25BrN4O4S/c1-16-12-18(17(2)28(16)21-7-5-6-19(24)13-21)14-25-26-23(29)15-27(33(4,30)31)20-8-10-22(32-3)11-9-20/h5-14H,15H2,1-4H3,(H,26,29)/b25-14-. The monoisotopic (exact) mass is 532 g/mol. The maximum absolute atomic E-state index is 12.4. The number of hydrogen-bond acceptors (Lipinski definition) is 5. The van der Waals surface area contributed by atoms with Crippen molar-refractivity contribution < 1.29 is 17.9 Å². The fraction of sp³-hybridized carbons (Fsp3) is 0.217. The van der Waals surface area contributed by atoms with Crippen molar-refractivity contribution in [2.75, 3.05) is 24.2 Å². The normalized spacial score (nSPS) is 11.5. The van der Waals surface area contributed by atoms with E-state index >= 15 is 0 Å². The van der Waals surface area contributed by atoms with E-state index in [1.54, 1.807) is 30.5 Å². The largest absolute Gasteiger partial charge is 0.497 e. The van der Waals surface area contributed by atoms with Crippen molar-refractivity contribution in [3.05, 3.63) is 76.0 Å². The van der Waals surface area contributed by atoms with Crippen molar-refractivity contribution in [3.63, 3.8) is 0 Å². The lowest BCUT2D eigenvalue weighted by Crippen LogP contribution is -2.39. The van der Waals surface area contributed by atoms with Crippen LogP contribution in [0.3, 0.4) is 0 Å². The van der Waals surface area contributed by atoms with Gasteiger partial charge in [-0.3, -0.25) is 9.10 Å². The van der Waals surface area contributed by atoms with Gasteiger partial charge in [0, 0.05) is 27.1 Å². The molecule has 1 amide bonds. The first kappa shape index (κ1) is 24.5. The lowest BCUT2D eigenvalue weighted by molar-refractivity contribution is -0.119. The summed E-state index contributed by atoms with van der Waals surface area (Å²) in [4.78, 5) is 12.4. The second kappa shape index (κ2) is 10.2. The molecule has 10 heteroatoms. The Labute approximate surface area is 202 Å². The Hall–Kier alpha value is -3.11. The van der Waals surface area contributed by atoms with E-state index < -0.39 is 22.5 Å². The molecule has 0 aliphatic carbocycles. The van der Waals surface area contributed by atoms with Crippen molar-refractivity contribution >= 4 is 43.8 Å². The van der Waals surface area contributed by atoms with Gasteiger partial charge in [0.2, 0.25) is 10.0 Å². The number of halogens is 1. The van der Waals surface area contributed by atoms with Gasteiger partial charge in [-0.15, -0.1) is 0 Å². The molecule has 1 N–H and O–H groups in total. The topological polar surface area (TPSA) is 93.0 Å². The molecule has 0 radical (unpaired) electrons. The number of aryl methyl sites for hydroxylation is 1. The van der Waals surface area contributed by atoms with E-state index in [-0.39, 0.29) is 0 Å². The molecule has 3 rings (SSSR count). The molecule has 0 aliphatic rings.